The summed E-state index contributed by atoms with van der Waals surface area (Å²) in [5.74, 6) is 1.41. The number of hydrogen-bond donors (Lipinski definition) is 2. The molecule has 1 atom stereocenters. The van der Waals surface area contributed by atoms with Gasteiger partial charge in [-0.3, -0.25) is 4.79 Å². The summed E-state index contributed by atoms with van der Waals surface area (Å²) in [6, 6.07) is 5.15. The number of hydrogen-bond acceptors (Lipinski definition) is 5. The van der Waals surface area contributed by atoms with Crippen molar-refractivity contribution in [2.24, 2.45) is 0 Å². The van der Waals surface area contributed by atoms with E-state index in [9.17, 15) is 9.90 Å². The third kappa shape index (κ3) is 6.15. The van der Waals surface area contributed by atoms with Gasteiger partial charge in [0.05, 0.1) is 13.2 Å². The number of carboxylic acid groups (broad SMARTS) is 1. The summed E-state index contributed by atoms with van der Waals surface area (Å²) in [7, 11) is 0. The average molecular weight is 327 g/mol. The largest absolute Gasteiger partial charge is 0.490 e. The number of carboxylic acids is 1. The van der Waals surface area contributed by atoms with Gasteiger partial charge in [-0.2, -0.15) is 11.8 Å². The second-order valence-electron chi connectivity index (χ2n) is 4.70. The molecular weight excluding hydrogens is 302 g/mol. The fourth-order valence-corrected chi connectivity index (χ4v) is 2.47. The summed E-state index contributed by atoms with van der Waals surface area (Å²) in [4.78, 5) is 11.2. The molecule has 124 valence electrons. The Balaban J connectivity index is 2.71. The van der Waals surface area contributed by atoms with E-state index in [1.165, 1.54) is 0 Å². The number of rotatable bonds is 11. The van der Waals surface area contributed by atoms with Crippen molar-refractivity contribution >= 4 is 17.7 Å². The number of nitrogens with one attached hydrogen (secondary N) is 1. The van der Waals surface area contributed by atoms with Crippen LogP contribution in [0.1, 0.15) is 25.8 Å². The highest BCUT2D eigenvalue weighted by Crippen LogP contribution is 2.28. The lowest BCUT2D eigenvalue weighted by Gasteiger charge is -2.16. The molecular formula is C16H25NO4S. The van der Waals surface area contributed by atoms with Gasteiger partial charge in [-0.25, -0.2) is 0 Å². The van der Waals surface area contributed by atoms with Gasteiger partial charge in [0.15, 0.2) is 11.5 Å². The van der Waals surface area contributed by atoms with Crippen molar-refractivity contribution in [1.29, 1.82) is 0 Å². The number of aliphatic carboxylic acids is 1. The maximum absolute atomic E-state index is 11.2. The highest BCUT2D eigenvalue weighted by atomic mass is 32.2. The number of benzene rings is 1. The molecule has 0 fully saturated rings. The molecule has 1 unspecified atom stereocenters. The minimum atomic E-state index is -0.815. The molecule has 0 aliphatic rings. The van der Waals surface area contributed by atoms with Gasteiger partial charge in [0.2, 0.25) is 0 Å². The van der Waals surface area contributed by atoms with E-state index in [0.717, 1.165) is 11.3 Å². The van der Waals surface area contributed by atoms with Gasteiger partial charge in [-0.05, 0) is 50.0 Å². The van der Waals surface area contributed by atoms with Crippen LogP contribution >= 0.6 is 11.8 Å². The van der Waals surface area contributed by atoms with E-state index in [4.69, 9.17) is 9.47 Å². The standard InChI is InChI=1S/C16H25NO4S/c1-4-20-14-7-6-12(10-15(14)21-5-2)11-17-13(16(18)19)8-9-22-3/h6-7,10,13,17H,4-5,8-9,11H2,1-3H3,(H,18,19). The van der Waals surface area contributed by atoms with E-state index in [1.807, 2.05) is 38.3 Å². The Hall–Kier alpha value is -1.40. The van der Waals surface area contributed by atoms with Crippen LogP contribution in [0.2, 0.25) is 0 Å². The molecule has 0 amide bonds. The average Bonchev–Trinajstić information content (AvgIpc) is 2.49. The van der Waals surface area contributed by atoms with Gasteiger partial charge in [0.25, 0.3) is 0 Å². The minimum absolute atomic E-state index is 0.484. The first kappa shape index (κ1) is 18.6. The molecule has 0 aliphatic heterocycles. The van der Waals surface area contributed by atoms with Crippen molar-refractivity contribution < 1.29 is 19.4 Å². The highest BCUT2D eigenvalue weighted by Gasteiger charge is 2.16. The van der Waals surface area contributed by atoms with E-state index in [0.29, 0.717) is 37.7 Å². The quantitative estimate of drug-likeness (QED) is 0.651. The molecule has 6 heteroatoms. The van der Waals surface area contributed by atoms with E-state index in [-0.39, 0.29) is 0 Å². The molecule has 0 heterocycles. The molecule has 0 aromatic heterocycles. The van der Waals surface area contributed by atoms with E-state index in [2.05, 4.69) is 5.32 Å². The van der Waals surface area contributed by atoms with Crippen molar-refractivity contribution in [2.45, 2.75) is 32.9 Å². The molecule has 2 N–H and O–H groups in total. The Kier molecular flexibility index (Phi) is 8.77. The molecule has 0 saturated heterocycles. The molecule has 5 nitrogen and oxygen atoms in total. The van der Waals surface area contributed by atoms with E-state index in [1.54, 1.807) is 11.8 Å². The number of carbonyl (C=O) groups is 1. The lowest BCUT2D eigenvalue weighted by Crippen LogP contribution is -2.36. The molecule has 0 radical (unpaired) electrons. The van der Waals surface area contributed by atoms with Gasteiger partial charge < -0.3 is 19.9 Å². The fraction of sp³-hybridized carbons (Fsp3) is 0.562. The molecule has 0 spiro atoms. The first-order chi connectivity index (χ1) is 10.6. The van der Waals surface area contributed by atoms with Crippen molar-refractivity contribution in [3.05, 3.63) is 23.8 Å². The Morgan fingerprint density at radius 1 is 1.27 bits per heavy atom. The maximum atomic E-state index is 11.2. The topological polar surface area (TPSA) is 67.8 Å². The Morgan fingerprint density at radius 3 is 2.55 bits per heavy atom. The van der Waals surface area contributed by atoms with Crippen LogP contribution in [-0.2, 0) is 11.3 Å². The Bertz CT molecular complexity index is 467. The Morgan fingerprint density at radius 2 is 1.95 bits per heavy atom. The van der Waals surface area contributed by atoms with E-state index >= 15 is 0 Å². The fourth-order valence-electron chi connectivity index (χ4n) is 2.00. The summed E-state index contributed by atoms with van der Waals surface area (Å²) >= 11 is 1.65. The first-order valence-corrected chi connectivity index (χ1v) is 8.85. The van der Waals surface area contributed by atoms with Crippen LogP contribution in [0.3, 0.4) is 0 Å². The van der Waals surface area contributed by atoms with Gasteiger partial charge in [-0.15, -0.1) is 0 Å². The number of thioether (sulfide) groups is 1. The second kappa shape index (κ2) is 10.3. The monoisotopic (exact) mass is 327 g/mol. The van der Waals surface area contributed by atoms with Crippen molar-refractivity contribution in [3.63, 3.8) is 0 Å². The predicted octanol–water partition coefficient (Wildman–Crippen LogP) is 2.78. The van der Waals surface area contributed by atoms with Crippen molar-refractivity contribution in [3.8, 4) is 11.5 Å². The van der Waals surface area contributed by atoms with Crippen LogP contribution in [0, 0.1) is 0 Å². The van der Waals surface area contributed by atoms with Crippen molar-refractivity contribution in [1.82, 2.24) is 5.32 Å². The zero-order valence-electron chi connectivity index (χ0n) is 13.4. The molecule has 0 bridgehead atoms. The first-order valence-electron chi connectivity index (χ1n) is 7.46. The van der Waals surface area contributed by atoms with E-state index < -0.39 is 12.0 Å². The molecule has 0 aliphatic carbocycles. The molecule has 0 saturated carbocycles. The lowest BCUT2D eigenvalue weighted by atomic mass is 10.1. The summed E-state index contributed by atoms with van der Waals surface area (Å²) < 4.78 is 11.1. The second-order valence-corrected chi connectivity index (χ2v) is 5.69. The molecule has 22 heavy (non-hydrogen) atoms. The van der Waals surface area contributed by atoms with Gasteiger partial charge in [-0.1, -0.05) is 6.07 Å². The third-order valence-electron chi connectivity index (χ3n) is 3.07. The van der Waals surface area contributed by atoms with Crippen LogP contribution in [0.15, 0.2) is 18.2 Å². The molecule has 1 aromatic rings. The van der Waals surface area contributed by atoms with Crippen molar-refractivity contribution in [2.75, 3.05) is 25.2 Å². The van der Waals surface area contributed by atoms with Crippen LogP contribution in [-0.4, -0.2) is 42.3 Å². The normalized spacial score (nSPS) is 12.0. The van der Waals surface area contributed by atoms with Crippen LogP contribution in [0.25, 0.3) is 0 Å². The highest BCUT2D eigenvalue weighted by molar-refractivity contribution is 7.98. The summed E-state index contributed by atoms with van der Waals surface area (Å²) in [5.41, 5.74) is 0.974. The van der Waals surface area contributed by atoms with Gasteiger partial charge >= 0.3 is 5.97 Å². The number of ether oxygens (including phenoxy) is 2. The van der Waals surface area contributed by atoms with Gasteiger partial charge in [0.1, 0.15) is 6.04 Å². The van der Waals surface area contributed by atoms with Crippen LogP contribution in [0.5, 0.6) is 11.5 Å². The molecule has 1 aromatic carbocycles. The SMILES string of the molecule is CCOc1ccc(CNC(CCSC)C(=O)O)cc1OCC. The summed E-state index contributed by atoms with van der Waals surface area (Å²) in [6.07, 6.45) is 2.57. The molecule has 1 rings (SSSR count). The van der Waals surface area contributed by atoms with Gasteiger partial charge in [0, 0.05) is 6.54 Å². The zero-order chi connectivity index (χ0) is 16.4. The maximum Gasteiger partial charge on any atom is 0.320 e. The summed E-state index contributed by atoms with van der Waals surface area (Å²) in [5, 5.41) is 12.3. The zero-order valence-corrected chi connectivity index (χ0v) is 14.2. The third-order valence-corrected chi connectivity index (χ3v) is 3.71. The lowest BCUT2D eigenvalue weighted by molar-refractivity contribution is -0.139. The van der Waals surface area contributed by atoms with Crippen LogP contribution < -0.4 is 14.8 Å². The Labute approximate surface area is 136 Å². The van der Waals surface area contributed by atoms with Crippen LogP contribution in [0.4, 0.5) is 0 Å². The smallest absolute Gasteiger partial charge is 0.320 e. The summed E-state index contributed by atoms with van der Waals surface area (Å²) in [6.45, 7) is 5.46. The minimum Gasteiger partial charge on any atom is -0.490 e. The predicted molar refractivity (Wildman–Crippen MR) is 90.0 cm³/mol.